The first-order valence-corrected chi connectivity index (χ1v) is 3.26. The number of hydrogen-bond donors (Lipinski definition) is 0. The van der Waals surface area contributed by atoms with E-state index in [1.807, 2.05) is 0 Å². The molecule has 1 aromatic carbocycles. The fraction of sp³-hybridized carbons (Fsp3) is 0.125. The van der Waals surface area contributed by atoms with Gasteiger partial charge in [0.1, 0.15) is 0 Å². The number of Topliss-reactive ketones (excluding diaryl/α,β-unsaturated/α-hetero) is 1. The summed E-state index contributed by atoms with van der Waals surface area (Å²) in [7, 11) is 0. The van der Waals surface area contributed by atoms with Crippen LogP contribution in [0.15, 0.2) is 18.2 Å². The third-order valence-electron chi connectivity index (χ3n) is 1.19. The van der Waals surface area contributed by atoms with Crippen molar-refractivity contribution in [3.8, 4) is 0 Å². The van der Waals surface area contributed by atoms with Crippen molar-refractivity contribution in [1.82, 2.24) is 0 Å². The van der Waals surface area contributed by atoms with Gasteiger partial charge in [-0.25, -0.2) is 0 Å². The van der Waals surface area contributed by atoms with Crippen LogP contribution in [-0.2, 0) is 0 Å². The Kier molecular flexibility index (Phi) is 2.07. The number of carbonyl (C=O) groups excluding carboxylic acids is 1. The summed E-state index contributed by atoms with van der Waals surface area (Å²) in [6.45, 7) is 1.49. The van der Waals surface area contributed by atoms with E-state index in [0.29, 0.717) is 10.6 Å². The van der Waals surface area contributed by atoms with Crippen LogP contribution in [0.25, 0.3) is 0 Å². The van der Waals surface area contributed by atoms with Gasteiger partial charge in [0, 0.05) is 5.56 Å². The number of ketones is 1. The molecule has 0 bridgehead atoms. The quantitative estimate of drug-likeness (QED) is 0.566. The number of halogens is 1. The van der Waals surface area contributed by atoms with E-state index in [2.05, 4.69) is 6.07 Å². The molecule has 0 fully saturated rings. The first-order valence-electron chi connectivity index (χ1n) is 2.88. The Hall–Kier alpha value is -0.820. The van der Waals surface area contributed by atoms with Crippen LogP contribution in [0.4, 0.5) is 0 Å². The Morgan fingerprint density at radius 1 is 1.70 bits per heavy atom. The van der Waals surface area contributed by atoms with Gasteiger partial charge in [-0.1, -0.05) is 17.7 Å². The van der Waals surface area contributed by atoms with Gasteiger partial charge >= 0.3 is 0 Å². The summed E-state index contributed by atoms with van der Waals surface area (Å²) in [5.41, 5.74) is 0.556. The smallest absolute Gasteiger partial charge is 0.161 e. The summed E-state index contributed by atoms with van der Waals surface area (Å²) in [6.07, 6.45) is 0. The molecule has 0 amide bonds. The molecule has 0 aliphatic heterocycles. The second kappa shape index (κ2) is 2.84. The molecule has 51 valence electrons. The predicted molar refractivity (Wildman–Crippen MR) is 40.3 cm³/mol. The molecule has 10 heavy (non-hydrogen) atoms. The van der Waals surface area contributed by atoms with E-state index in [0.717, 1.165) is 0 Å². The molecule has 0 N–H and O–H groups in total. The molecular weight excluding hydrogens is 148 g/mol. The van der Waals surface area contributed by atoms with E-state index < -0.39 is 0 Å². The fourth-order valence-corrected chi connectivity index (χ4v) is 0.955. The third kappa shape index (κ3) is 1.36. The van der Waals surface area contributed by atoms with Crippen LogP contribution in [0.5, 0.6) is 0 Å². The third-order valence-corrected chi connectivity index (χ3v) is 1.51. The molecule has 0 heterocycles. The van der Waals surface area contributed by atoms with Crippen LogP contribution in [0.2, 0.25) is 5.02 Å². The average molecular weight is 154 g/mol. The van der Waals surface area contributed by atoms with Crippen LogP contribution in [-0.4, -0.2) is 5.78 Å². The summed E-state index contributed by atoms with van der Waals surface area (Å²) >= 11 is 5.67. The fourth-order valence-electron chi connectivity index (χ4n) is 0.696. The summed E-state index contributed by atoms with van der Waals surface area (Å²) in [5, 5.41) is 0.468. The Labute approximate surface area is 64.6 Å². The first kappa shape index (κ1) is 7.29. The lowest BCUT2D eigenvalue weighted by Gasteiger charge is -1.95. The van der Waals surface area contributed by atoms with E-state index in [1.54, 1.807) is 18.2 Å². The molecule has 0 saturated carbocycles. The SMILES string of the molecule is CC(=O)c1cc[c]cc1Cl. The van der Waals surface area contributed by atoms with Crippen molar-refractivity contribution in [2.45, 2.75) is 6.92 Å². The standard InChI is InChI=1S/C8H6ClO/c1-6(10)7-4-2-3-5-8(7)9/h2,4-5H,1H3. The molecular formula is C8H6ClO. The predicted octanol–water partition coefficient (Wildman–Crippen LogP) is 2.34. The van der Waals surface area contributed by atoms with Gasteiger partial charge in [-0.15, -0.1) is 0 Å². The van der Waals surface area contributed by atoms with Gasteiger partial charge in [-0.3, -0.25) is 4.79 Å². The van der Waals surface area contributed by atoms with E-state index in [1.165, 1.54) is 6.92 Å². The zero-order valence-corrected chi connectivity index (χ0v) is 6.27. The highest BCUT2D eigenvalue weighted by Gasteiger charge is 2.01. The molecule has 2 heteroatoms. The number of hydrogen-bond acceptors (Lipinski definition) is 1. The van der Waals surface area contributed by atoms with Crippen molar-refractivity contribution in [2.24, 2.45) is 0 Å². The van der Waals surface area contributed by atoms with E-state index >= 15 is 0 Å². The molecule has 0 unspecified atom stereocenters. The molecule has 0 aromatic heterocycles. The van der Waals surface area contributed by atoms with Crippen molar-refractivity contribution in [1.29, 1.82) is 0 Å². The zero-order valence-electron chi connectivity index (χ0n) is 5.52. The maximum Gasteiger partial charge on any atom is 0.161 e. The van der Waals surface area contributed by atoms with Crippen LogP contribution in [0.1, 0.15) is 17.3 Å². The number of carbonyl (C=O) groups is 1. The molecule has 1 aromatic rings. The highest BCUT2D eigenvalue weighted by atomic mass is 35.5. The number of rotatable bonds is 1. The van der Waals surface area contributed by atoms with E-state index in [4.69, 9.17) is 11.6 Å². The number of benzene rings is 1. The van der Waals surface area contributed by atoms with Crippen molar-refractivity contribution >= 4 is 17.4 Å². The monoisotopic (exact) mass is 153 g/mol. The Morgan fingerprint density at radius 2 is 2.40 bits per heavy atom. The highest BCUT2D eigenvalue weighted by molar-refractivity contribution is 6.33. The lowest BCUT2D eigenvalue weighted by molar-refractivity contribution is 0.101. The lowest BCUT2D eigenvalue weighted by atomic mass is 10.1. The average Bonchev–Trinajstić information content (AvgIpc) is 1.88. The molecule has 0 aliphatic carbocycles. The summed E-state index contributed by atoms with van der Waals surface area (Å²) in [4.78, 5) is 10.8. The summed E-state index contributed by atoms with van der Waals surface area (Å²) < 4.78 is 0. The van der Waals surface area contributed by atoms with Crippen LogP contribution < -0.4 is 0 Å². The Bertz CT molecular complexity index is 255. The van der Waals surface area contributed by atoms with Gasteiger partial charge in [0.25, 0.3) is 0 Å². The lowest BCUT2D eigenvalue weighted by Crippen LogP contribution is -1.91. The molecule has 1 nitrogen and oxygen atoms in total. The van der Waals surface area contributed by atoms with Crippen molar-refractivity contribution in [3.05, 3.63) is 34.9 Å². The van der Waals surface area contributed by atoms with Crippen molar-refractivity contribution < 1.29 is 4.79 Å². The van der Waals surface area contributed by atoms with Crippen molar-refractivity contribution in [2.75, 3.05) is 0 Å². The normalized spacial score (nSPS) is 9.40. The van der Waals surface area contributed by atoms with Gasteiger partial charge in [0.15, 0.2) is 5.78 Å². The van der Waals surface area contributed by atoms with Gasteiger partial charge in [-0.2, -0.15) is 0 Å². The van der Waals surface area contributed by atoms with Gasteiger partial charge in [0.2, 0.25) is 0 Å². The van der Waals surface area contributed by atoms with E-state index in [-0.39, 0.29) is 5.78 Å². The topological polar surface area (TPSA) is 17.1 Å². The summed E-state index contributed by atoms with van der Waals surface area (Å²) in [6, 6.07) is 7.68. The molecule has 1 radical (unpaired) electrons. The van der Waals surface area contributed by atoms with Crippen LogP contribution in [0.3, 0.4) is 0 Å². The largest absolute Gasteiger partial charge is 0.294 e. The minimum atomic E-state index is -0.0148. The second-order valence-corrected chi connectivity index (χ2v) is 2.37. The summed E-state index contributed by atoms with van der Waals surface area (Å²) in [5.74, 6) is -0.0148. The minimum Gasteiger partial charge on any atom is -0.294 e. The van der Waals surface area contributed by atoms with Gasteiger partial charge in [0.05, 0.1) is 5.02 Å². The van der Waals surface area contributed by atoms with Crippen LogP contribution >= 0.6 is 11.6 Å². The molecule has 0 spiro atoms. The second-order valence-electron chi connectivity index (χ2n) is 1.96. The maximum atomic E-state index is 10.8. The van der Waals surface area contributed by atoms with Crippen molar-refractivity contribution in [3.63, 3.8) is 0 Å². The minimum absolute atomic E-state index is 0.0148. The molecule has 0 aliphatic rings. The maximum absolute atomic E-state index is 10.8. The molecule has 0 saturated heterocycles. The van der Waals surface area contributed by atoms with Gasteiger partial charge in [-0.05, 0) is 25.1 Å². The zero-order chi connectivity index (χ0) is 7.56. The van der Waals surface area contributed by atoms with Crippen LogP contribution in [0, 0.1) is 6.07 Å². The molecule has 0 atom stereocenters. The van der Waals surface area contributed by atoms with Gasteiger partial charge < -0.3 is 0 Å². The molecule has 1 rings (SSSR count). The first-order chi connectivity index (χ1) is 4.72. The van der Waals surface area contributed by atoms with E-state index in [9.17, 15) is 4.79 Å². The Morgan fingerprint density at radius 3 is 2.80 bits per heavy atom. The highest BCUT2D eigenvalue weighted by Crippen LogP contribution is 2.14. The Balaban J connectivity index is 3.15.